The van der Waals surface area contributed by atoms with Crippen LogP contribution in [0, 0.1) is 5.92 Å². The fourth-order valence-corrected chi connectivity index (χ4v) is 2.74. The van der Waals surface area contributed by atoms with Gasteiger partial charge in [0.2, 0.25) is 5.91 Å². The Morgan fingerprint density at radius 3 is 2.75 bits per heavy atom. The van der Waals surface area contributed by atoms with Crippen molar-refractivity contribution in [3.8, 4) is 0 Å². The summed E-state index contributed by atoms with van der Waals surface area (Å²) in [7, 11) is 0. The van der Waals surface area contributed by atoms with Gasteiger partial charge in [-0.2, -0.15) is 0 Å². The normalized spacial score (nSPS) is 32.8. The van der Waals surface area contributed by atoms with Gasteiger partial charge in [0.05, 0.1) is 5.60 Å². The minimum absolute atomic E-state index is 0.176. The van der Waals surface area contributed by atoms with Crippen LogP contribution >= 0.6 is 0 Å². The zero-order valence-corrected chi connectivity index (χ0v) is 10.0. The van der Waals surface area contributed by atoms with Gasteiger partial charge in [0, 0.05) is 19.0 Å². The Morgan fingerprint density at radius 2 is 2.12 bits per heavy atom. The minimum atomic E-state index is -0.680. The van der Waals surface area contributed by atoms with Crippen molar-refractivity contribution in [1.29, 1.82) is 0 Å². The number of carbonyl (C=O) groups excluding carboxylic acids is 1. The fraction of sp³-hybridized carbons (Fsp3) is 0.917. The summed E-state index contributed by atoms with van der Waals surface area (Å²) in [5.74, 6) is 0.427. The van der Waals surface area contributed by atoms with Crippen LogP contribution in [0.15, 0.2) is 0 Å². The third kappa shape index (κ3) is 2.74. The van der Waals surface area contributed by atoms with Crippen LogP contribution in [-0.4, -0.2) is 47.7 Å². The number of carbonyl (C=O) groups is 1. The number of likely N-dealkylation sites (tertiary alicyclic amines) is 1. The molecule has 2 fully saturated rings. The average molecular weight is 226 g/mol. The molecule has 4 nitrogen and oxygen atoms in total. The predicted octanol–water partition coefficient (Wildman–Crippen LogP) is 0.359. The van der Waals surface area contributed by atoms with E-state index in [9.17, 15) is 9.90 Å². The van der Waals surface area contributed by atoms with Gasteiger partial charge in [-0.3, -0.25) is 4.79 Å². The average Bonchev–Trinajstić information content (AvgIpc) is 2.28. The molecule has 1 unspecified atom stereocenters. The molecule has 1 amide bonds. The first-order valence-corrected chi connectivity index (χ1v) is 6.30. The first-order valence-electron chi connectivity index (χ1n) is 6.30. The van der Waals surface area contributed by atoms with Crippen LogP contribution in [0.5, 0.6) is 0 Å². The van der Waals surface area contributed by atoms with Crippen LogP contribution in [0.25, 0.3) is 0 Å². The van der Waals surface area contributed by atoms with Crippen LogP contribution < -0.4 is 5.32 Å². The zero-order chi connectivity index (χ0) is 11.6. The summed E-state index contributed by atoms with van der Waals surface area (Å²) < 4.78 is 0. The summed E-state index contributed by atoms with van der Waals surface area (Å²) in [5.41, 5.74) is -0.680. The zero-order valence-electron chi connectivity index (χ0n) is 10.0. The Hall–Kier alpha value is -0.610. The van der Waals surface area contributed by atoms with E-state index >= 15 is 0 Å². The molecule has 2 heterocycles. The third-order valence-electron chi connectivity index (χ3n) is 3.67. The van der Waals surface area contributed by atoms with Crippen LogP contribution in [0.3, 0.4) is 0 Å². The number of β-amino-alcohol motifs (C(OH)–C–C–N with tert-alkyl or cyclic N) is 1. The van der Waals surface area contributed by atoms with Crippen molar-refractivity contribution in [3.05, 3.63) is 0 Å². The number of rotatable bonds is 1. The number of nitrogens with one attached hydrogen (secondary N) is 1. The van der Waals surface area contributed by atoms with Gasteiger partial charge in [0.15, 0.2) is 0 Å². The van der Waals surface area contributed by atoms with E-state index in [1.165, 1.54) is 0 Å². The second-order valence-electron chi connectivity index (χ2n) is 5.38. The molecule has 1 atom stereocenters. The van der Waals surface area contributed by atoms with Crippen LogP contribution in [-0.2, 0) is 4.79 Å². The molecule has 0 aromatic carbocycles. The maximum atomic E-state index is 12.2. The summed E-state index contributed by atoms with van der Waals surface area (Å²) in [4.78, 5) is 14.1. The summed E-state index contributed by atoms with van der Waals surface area (Å²) in [6.45, 7) is 5.05. The topological polar surface area (TPSA) is 52.6 Å². The first-order chi connectivity index (χ1) is 7.58. The van der Waals surface area contributed by atoms with Crippen molar-refractivity contribution in [3.63, 3.8) is 0 Å². The van der Waals surface area contributed by atoms with Gasteiger partial charge >= 0.3 is 0 Å². The summed E-state index contributed by atoms with van der Waals surface area (Å²) in [6.07, 6.45) is 3.61. The number of hydrogen-bond acceptors (Lipinski definition) is 3. The molecule has 0 radical (unpaired) electrons. The Bertz CT molecular complexity index is 260. The molecule has 2 aliphatic rings. The highest BCUT2D eigenvalue weighted by Gasteiger charge is 2.34. The van der Waals surface area contributed by atoms with E-state index in [4.69, 9.17) is 0 Å². The molecule has 0 saturated carbocycles. The SMILES string of the molecule is CC1(O)CCCN(C(=O)C2CCNCC2)C1. The molecule has 2 saturated heterocycles. The number of nitrogens with zero attached hydrogens (tertiary/aromatic N) is 1. The van der Waals surface area contributed by atoms with E-state index < -0.39 is 5.60 Å². The van der Waals surface area contributed by atoms with Crippen LogP contribution in [0.1, 0.15) is 32.6 Å². The molecule has 92 valence electrons. The molecule has 0 aromatic rings. The van der Waals surface area contributed by atoms with Gasteiger partial charge in [-0.05, 0) is 45.7 Å². The molecule has 2 rings (SSSR count). The van der Waals surface area contributed by atoms with Gasteiger partial charge in [-0.1, -0.05) is 0 Å². The Balaban J connectivity index is 1.93. The van der Waals surface area contributed by atoms with E-state index in [1.54, 1.807) is 0 Å². The predicted molar refractivity (Wildman–Crippen MR) is 62.0 cm³/mol. The number of piperidine rings is 2. The standard InChI is InChI=1S/C12H22N2O2/c1-12(16)5-2-8-14(9-12)11(15)10-3-6-13-7-4-10/h10,13,16H,2-9H2,1H3. The van der Waals surface area contributed by atoms with E-state index in [0.717, 1.165) is 45.3 Å². The van der Waals surface area contributed by atoms with Crippen molar-refractivity contribution in [2.45, 2.75) is 38.2 Å². The molecule has 0 bridgehead atoms. The van der Waals surface area contributed by atoms with Gasteiger partial charge < -0.3 is 15.3 Å². The second kappa shape index (κ2) is 4.72. The summed E-state index contributed by atoms with van der Waals surface area (Å²) >= 11 is 0. The molecule has 2 N–H and O–H groups in total. The molecule has 0 aliphatic carbocycles. The molecular weight excluding hydrogens is 204 g/mol. The number of hydrogen-bond donors (Lipinski definition) is 2. The van der Waals surface area contributed by atoms with Crippen molar-refractivity contribution in [2.24, 2.45) is 5.92 Å². The monoisotopic (exact) mass is 226 g/mol. The maximum Gasteiger partial charge on any atom is 0.225 e. The molecule has 4 heteroatoms. The maximum absolute atomic E-state index is 12.2. The van der Waals surface area contributed by atoms with Crippen LogP contribution in [0.4, 0.5) is 0 Å². The largest absolute Gasteiger partial charge is 0.388 e. The molecule has 0 spiro atoms. The van der Waals surface area contributed by atoms with Crippen LogP contribution in [0.2, 0.25) is 0 Å². The lowest BCUT2D eigenvalue weighted by Gasteiger charge is -2.39. The smallest absolute Gasteiger partial charge is 0.225 e. The minimum Gasteiger partial charge on any atom is -0.388 e. The molecule has 2 aliphatic heterocycles. The fourth-order valence-electron chi connectivity index (χ4n) is 2.74. The Labute approximate surface area is 97.0 Å². The highest BCUT2D eigenvalue weighted by molar-refractivity contribution is 5.79. The lowest BCUT2D eigenvalue weighted by Crippen LogP contribution is -2.51. The second-order valence-corrected chi connectivity index (χ2v) is 5.38. The first kappa shape index (κ1) is 11.9. The third-order valence-corrected chi connectivity index (χ3v) is 3.67. The van der Waals surface area contributed by atoms with Crippen molar-refractivity contribution in [2.75, 3.05) is 26.2 Å². The summed E-state index contributed by atoms with van der Waals surface area (Å²) in [5, 5.41) is 13.3. The Morgan fingerprint density at radius 1 is 1.44 bits per heavy atom. The molecule has 16 heavy (non-hydrogen) atoms. The highest BCUT2D eigenvalue weighted by Crippen LogP contribution is 2.23. The quantitative estimate of drug-likeness (QED) is 0.679. The summed E-state index contributed by atoms with van der Waals surface area (Å²) in [6, 6.07) is 0. The number of amides is 1. The van der Waals surface area contributed by atoms with Gasteiger partial charge in [0.1, 0.15) is 0 Å². The van der Waals surface area contributed by atoms with E-state index in [-0.39, 0.29) is 11.8 Å². The van der Waals surface area contributed by atoms with Gasteiger partial charge in [-0.15, -0.1) is 0 Å². The Kier molecular flexibility index (Phi) is 3.50. The van der Waals surface area contributed by atoms with E-state index in [2.05, 4.69) is 5.32 Å². The van der Waals surface area contributed by atoms with Gasteiger partial charge in [-0.25, -0.2) is 0 Å². The highest BCUT2D eigenvalue weighted by atomic mass is 16.3. The number of aliphatic hydroxyl groups is 1. The molecular formula is C12H22N2O2. The van der Waals surface area contributed by atoms with Gasteiger partial charge in [0.25, 0.3) is 0 Å². The lowest BCUT2D eigenvalue weighted by molar-refractivity contribution is -0.142. The van der Waals surface area contributed by atoms with E-state index in [1.807, 2.05) is 11.8 Å². The van der Waals surface area contributed by atoms with E-state index in [0.29, 0.717) is 6.54 Å². The molecule has 0 aromatic heterocycles. The van der Waals surface area contributed by atoms with Crippen molar-refractivity contribution >= 4 is 5.91 Å². The van der Waals surface area contributed by atoms with Crippen molar-refractivity contribution < 1.29 is 9.90 Å². The van der Waals surface area contributed by atoms with Crippen molar-refractivity contribution in [1.82, 2.24) is 10.2 Å². The lowest BCUT2D eigenvalue weighted by atomic mass is 9.91.